The van der Waals surface area contributed by atoms with Crippen molar-refractivity contribution in [3.63, 3.8) is 0 Å². The van der Waals surface area contributed by atoms with Gasteiger partial charge < -0.3 is 10.4 Å². The van der Waals surface area contributed by atoms with E-state index in [0.29, 0.717) is 19.4 Å². The summed E-state index contributed by atoms with van der Waals surface area (Å²) in [4.78, 5) is 22.5. The van der Waals surface area contributed by atoms with Crippen molar-refractivity contribution < 1.29 is 14.7 Å². The lowest BCUT2D eigenvalue weighted by atomic mass is 10.1. The van der Waals surface area contributed by atoms with E-state index in [4.69, 9.17) is 5.11 Å². The van der Waals surface area contributed by atoms with E-state index in [9.17, 15) is 9.59 Å². The average Bonchev–Trinajstić information content (AvgIpc) is 2.52. The summed E-state index contributed by atoms with van der Waals surface area (Å²) in [6, 6.07) is 16.3. The van der Waals surface area contributed by atoms with Crippen LogP contribution in [0.2, 0.25) is 0 Å². The Morgan fingerprint density at radius 1 is 0.905 bits per heavy atom. The second-order valence-electron chi connectivity index (χ2n) is 4.76. The van der Waals surface area contributed by atoms with Gasteiger partial charge in [0.2, 0.25) is 5.91 Å². The van der Waals surface area contributed by atoms with Gasteiger partial charge in [-0.15, -0.1) is 0 Å². The number of carbonyl (C=O) groups excluding carboxylic acids is 1. The Morgan fingerprint density at radius 2 is 1.57 bits per heavy atom. The van der Waals surface area contributed by atoms with Crippen molar-refractivity contribution in [2.75, 3.05) is 0 Å². The van der Waals surface area contributed by atoms with E-state index in [-0.39, 0.29) is 11.5 Å². The molecule has 0 fully saturated rings. The van der Waals surface area contributed by atoms with Crippen LogP contribution in [0.3, 0.4) is 0 Å². The third kappa shape index (κ3) is 4.76. The van der Waals surface area contributed by atoms with Crippen molar-refractivity contribution in [3.05, 3.63) is 71.3 Å². The number of amides is 1. The fourth-order valence-electron chi connectivity index (χ4n) is 1.96. The summed E-state index contributed by atoms with van der Waals surface area (Å²) < 4.78 is 0. The quantitative estimate of drug-likeness (QED) is 0.856. The Bertz CT molecular complexity index is 606. The van der Waals surface area contributed by atoms with Crippen molar-refractivity contribution in [1.29, 1.82) is 0 Å². The molecule has 0 aliphatic heterocycles. The van der Waals surface area contributed by atoms with Gasteiger partial charge in [-0.3, -0.25) is 4.79 Å². The van der Waals surface area contributed by atoms with Crippen molar-refractivity contribution in [2.45, 2.75) is 19.4 Å². The maximum absolute atomic E-state index is 11.8. The Labute approximate surface area is 123 Å². The van der Waals surface area contributed by atoms with Crippen LogP contribution in [0, 0.1) is 0 Å². The highest BCUT2D eigenvalue weighted by Gasteiger charge is 2.04. The first-order valence-electron chi connectivity index (χ1n) is 6.78. The Morgan fingerprint density at radius 3 is 2.19 bits per heavy atom. The second-order valence-corrected chi connectivity index (χ2v) is 4.76. The normalized spacial score (nSPS) is 10.1. The number of benzene rings is 2. The number of hydrogen-bond donors (Lipinski definition) is 2. The van der Waals surface area contributed by atoms with Gasteiger partial charge in [-0.05, 0) is 29.7 Å². The molecule has 0 saturated carbocycles. The highest BCUT2D eigenvalue weighted by Crippen LogP contribution is 2.05. The first-order valence-corrected chi connectivity index (χ1v) is 6.78. The number of rotatable bonds is 6. The smallest absolute Gasteiger partial charge is 0.335 e. The van der Waals surface area contributed by atoms with Gasteiger partial charge in [0.1, 0.15) is 0 Å². The van der Waals surface area contributed by atoms with Crippen LogP contribution < -0.4 is 5.32 Å². The molecular weight excluding hydrogens is 266 g/mol. The van der Waals surface area contributed by atoms with Gasteiger partial charge >= 0.3 is 5.97 Å². The molecule has 2 rings (SSSR count). The van der Waals surface area contributed by atoms with E-state index < -0.39 is 5.97 Å². The second kappa shape index (κ2) is 7.24. The topological polar surface area (TPSA) is 66.4 Å². The summed E-state index contributed by atoms with van der Waals surface area (Å²) in [5, 5.41) is 11.6. The molecule has 0 radical (unpaired) electrons. The highest BCUT2D eigenvalue weighted by atomic mass is 16.4. The zero-order valence-electron chi connectivity index (χ0n) is 11.6. The standard InChI is InChI=1S/C17H17NO3/c19-16(11-8-13-4-2-1-3-5-13)18-12-14-6-9-15(10-7-14)17(20)21/h1-7,9-10H,8,11-12H2,(H,18,19)(H,20,21). The molecule has 0 atom stereocenters. The van der Waals surface area contributed by atoms with Gasteiger partial charge in [0, 0.05) is 13.0 Å². The Kier molecular flexibility index (Phi) is 5.10. The molecule has 0 heterocycles. The first-order chi connectivity index (χ1) is 10.1. The Hall–Kier alpha value is -2.62. The minimum Gasteiger partial charge on any atom is -0.478 e. The Balaban J connectivity index is 1.77. The van der Waals surface area contributed by atoms with Crippen molar-refractivity contribution >= 4 is 11.9 Å². The fourth-order valence-corrected chi connectivity index (χ4v) is 1.96. The number of aromatic carboxylic acids is 1. The third-order valence-electron chi connectivity index (χ3n) is 3.17. The van der Waals surface area contributed by atoms with Gasteiger partial charge in [-0.1, -0.05) is 42.5 Å². The van der Waals surface area contributed by atoms with E-state index in [2.05, 4.69) is 5.32 Å². The number of nitrogens with one attached hydrogen (secondary N) is 1. The van der Waals surface area contributed by atoms with Gasteiger partial charge in [0.15, 0.2) is 0 Å². The largest absolute Gasteiger partial charge is 0.478 e. The van der Waals surface area contributed by atoms with Gasteiger partial charge in [-0.2, -0.15) is 0 Å². The molecule has 0 saturated heterocycles. The molecule has 0 unspecified atom stereocenters. The maximum atomic E-state index is 11.8. The molecule has 0 aliphatic rings. The average molecular weight is 283 g/mol. The summed E-state index contributed by atoms with van der Waals surface area (Å²) in [7, 11) is 0. The number of hydrogen-bond acceptors (Lipinski definition) is 2. The minimum atomic E-state index is -0.951. The maximum Gasteiger partial charge on any atom is 0.335 e. The van der Waals surface area contributed by atoms with Crippen molar-refractivity contribution in [1.82, 2.24) is 5.32 Å². The van der Waals surface area contributed by atoms with Crippen LogP contribution in [0.15, 0.2) is 54.6 Å². The summed E-state index contributed by atoms with van der Waals surface area (Å²) in [5.41, 5.74) is 2.26. The number of carboxylic acid groups (broad SMARTS) is 1. The molecule has 2 aromatic rings. The minimum absolute atomic E-state index is 0.0128. The molecule has 2 aromatic carbocycles. The van der Waals surface area contributed by atoms with E-state index in [1.165, 1.54) is 12.1 Å². The fraction of sp³-hybridized carbons (Fsp3) is 0.176. The SMILES string of the molecule is O=C(CCc1ccccc1)NCc1ccc(C(=O)O)cc1. The van der Waals surface area contributed by atoms with E-state index >= 15 is 0 Å². The predicted octanol–water partition coefficient (Wildman–Crippen LogP) is 2.63. The molecule has 0 aliphatic carbocycles. The van der Waals surface area contributed by atoms with Crippen LogP contribution in [0.1, 0.15) is 27.9 Å². The van der Waals surface area contributed by atoms with Gasteiger partial charge in [0.25, 0.3) is 0 Å². The lowest BCUT2D eigenvalue weighted by Crippen LogP contribution is -2.23. The van der Waals surface area contributed by atoms with Crippen LogP contribution in [0.4, 0.5) is 0 Å². The molecule has 0 aromatic heterocycles. The van der Waals surface area contributed by atoms with Gasteiger partial charge in [-0.25, -0.2) is 4.79 Å². The lowest BCUT2D eigenvalue weighted by Gasteiger charge is -2.06. The zero-order chi connectivity index (χ0) is 15.1. The molecule has 21 heavy (non-hydrogen) atoms. The summed E-state index contributed by atoms with van der Waals surface area (Å²) >= 11 is 0. The number of carbonyl (C=O) groups is 2. The first kappa shape index (κ1) is 14.8. The summed E-state index contributed by atoms with van der Waals surface area (Å²) in [6.07, 6.45) is 1.15. The molecule has 4 nitrogen and oxygen atoms in total. The molecular formula is C17H17NO3. The summed E-state index contributed by atoms with van der Waals surface area (Å²) in [5.74, 6) is -0.963. The monoisotopic (exact) mass is 283 g/mol. The zero-order valence-corrected chi connectivity index (χ0v) is 11.6. The van der Waals surface area contributed by atoms with Crippen LogP contribution in [0.5, 0.6) is 0 Å². The highest BCUT2D eigenvalue weighted by molar-refractivity contribution is 5.87. The van der Waals surface area contributed by atoms with Crippen LogP contribution in [0.25, 0.3) is 0 Å². The third-order valence-corrected chi connectivity index (χ3v) is 3.17. The molecule has 2 N–H and O–H groups in total. The number of carboxylic acids is 1. The lowest BCUT2D eigenvalue weighted by molar-refractivity contribution is -0.121. The molecule has 108 valence electrons. The van der Waals surface area contributed by atoms with E-state index in [0.717, 1.165) is 11.1 Å². The summed E-state index contributed by atoms with van der Waals surface area (Å²) in [6.45, 7) is 0.410. The van der Waals surface area contributed by atoms with Crippen LogP contribution in [-0.4, -0.2) is 17.0 Å². The van der Waals surface area contributed by atoms with Crippen LogP contribution >= 0.6 is 0 Å². The van der Waals surface area contributed by atoms with Crippen molar-refractivity contribution in [2.24, 2.45) is 0 Å². The molecule has 4 heteroatoms. The van der Waals surface area contributed by atoms with Crippen molar-refractivity contribution in [3.8, 4) is 0 Å². The van der Waals surface area contributed by atoms with Crippen LogP contribution in [-0.2, 0) is 17.8 Å². The molecule has 0 spiro atoms. The van der Waals surface area contributed by atoms with E-state index in [1.807, 2.05) is 30.3 Å². The van der Waals surface area contributed by atoms with Gasteiger partial charge in [0.05, 0.1) is 5.56 Å². The number of aryl methyl sites for hydroxylation is 1. The van der Waals surface area contributed by atoms with E-state index in [1.54, 1.807) is 12.1 Å². The molecule has 0 bridgehead atoms. The predicted molar refractivity (Wildman–Crippen MR) is 80.0 cm³/mol. The molecule has 1 amide bonds.